The average Bonchev–Trinajstić information content (AvgIpc) is 2.50. The molecule has 0 heterocycles. The molecule has 2 aromatic carbocycles. The number of carbonyl (C=O) groups excluding carboxylic acids is 2. The maximum Gasteiger partial charge on any atom is 0.233 e. The highest BCUT2D eigenvalue weighted by atomic mass is 79.9. The molecule has 2 aromatic rings. The van der Waals surface area contributed by atoms with Crippen molar-refractivity contribution in [2.75, 3.05) is 10.6 Å². The summed E-state index contributed by atoms with van der Waals surface area (Å²) in [7, 11) is 0. The number of nitrogens with one attached hydrogen (secondary N) is 2. The number of hydrogen-bond donors (Lipinski definition) is 2. The number of amides is 2. The van der Waals surface area contributed by atoms with Gasteiger partial charge in [0.15, 0.2) is 0 Å². The Morgan fingerprint density at radius 2 is 1.62 bits per heavy atom. The Balaban J connectivity index is 1.98. The van der Waals surface area contributed by atoms with Crippen LogP contribution in [0.15, 0.2) is 46.9 Å². The van der Waals surface area contributed by atoms with Crippen LogP contribution in [0.1, 0.15) is 37.3 Å². The molecule has 2 amide bonds. The molecule has 0 aromatic heterocycles. The second kappa shape index (κ2) is 8.11. The molecule has 4 nitrogen and oxygen atoms in total. The maximum absolute atomic E-state index is 12.1. The molecule has 0 unspecified atom stereocenters. The molecule has 126 valence electrons. The van der Waals surface area contributed by atoms with Crippen molar-refractivity contribution in [3.05, 3.63) is 58.1 Å². The van der Waals surface area contributed by atoms with Crippen LogP contribution in [0.5, 0.6) is 0 Å². The van der Waals surface area contributed by atoms with Crippen molar-refractivity contribution >= 4 is 39.1 Å². The van der Waals surface area contributed by atoms with Gasteiger partial charge in [0, 0.05) is 15.8 Å². The summed E-state index contributed by atoms with van der Waals surface area (Å²) >= 11 is 3.38. The van der Waals surface area contributed by atoms with Crippen LogP contribution < -0.4 is 10.6 Å². The van der Waals surface area contributed by atoms with Crippen LogP contribution >= 0.6 is 15.9 Å². The van der Waals surface area contributed by atoms with Gasteiger partial charge in [0.25, 0.3) is 0 Å². The van der Waals surface area contributed by atoms with Crippen molar-refractivity contribution in [1.29, 1.82) is 0 Å². The van der Waals surface area contributed by atoms with E-state index >= 15 is 0 Å². The van der Waals surface area contributed by atoms with Crippen molar-refractivity contribution in [3.63, 3.8) is 0 Å². The van der Waals surface area contributed by atoms with Gasteiger partial charge in [-0.05, 0) is 48.2 Å². The van der Waals surface area contributed by atoms with Gasteiger partial charge in [0.1, 0.15) is 6.42 Å². The van der Waals surface area contributed by atoms with Crippen LogP contribution in [0.4, 0.5) is 11.4 Å². The summed E-state index contributed by atoms with van der Waals surface area (Å²) in [5.41, 5.74) is 3.45. The minimum Gasteiger partial charge on any atom is -0.325 e. The van der Waals surface area contributed by atoms with Crippen LogP contribution in [-0.4, -0.2) is 11.8 Å². The second-order valence-corrected chi connectivity index (χ2v) is 6.89. The van der Waals surface area contributed by atoms with Gasteiger partial charge in [-0.3, -0.25) is 9.59 Å². The first-order valence-electron chi connectivity index (χ1n) is 7.81. The molecule has 0 saturated heterocycles. The van der Waals surface area contributed by atoms with E-state index in [0.29, 0.717) is 11.6 Å². The number of hydrogen-bond acceptors (Lipinski definition) is 2. The Morgan fingerprint density at radius 3 is 2.25 bits per heavy atom. The normalized spacial score (nSPS) is 10.5. The highest BCUT2D eigenvalue weighted by molar-refractivity contribution is 9.10. The first-order chi connectivity index (χ1) is 11.4. The Morgan fingerprint density at radius 1 is 1.00 bits per heavy atom. The third-order valence-corrected chi connectivity index (χ3v) is 4.13. The molecule has 2 N–H and O–H groups in total. The molecule has 0 fully saturated rings. The Hall–Kier alpha value is -2.14. The zero-order chi connectivity index (χ0) is 17.7. The fraction of sp³-hybridized carbons (Fsp3) is 0.263. The largest absolute Gasteiger partial charge is 0.325 e. The molecule has 24 heavy (non-hydrogen) atoms. The van der Waals surface area contributed by atoms with E-state index in [9.17, 15) is 9.59 Å². The lowest BCUT2D eigenvalue weighted by molar-refractivity contribution is -0.123. The van der Waals surface area contributed by atoms with E-state index < -0.39 is 0 Å². The summed E-state index contributed by atoms with van der Waals surface area (Å²) in [5.74, 6) is -0.365. The fourth-order valence-corrected chi connectivity index (χ4v) is 2.89. The molecule has 0 bridgehead atoms. The first kappa shape index (κ1) is 18.2. The van der Waals surface area contributed by atoms with E-state index in [-0.39, 0.29) is 18.2 Å². The summed E-state index contributed by atoms with van der Waals surface area (Å²) in [4.78, 5) is 24.2. The molecular formula is C19H21BrN2O2. The number of aryl methyl sites for hydroxylation is 1. The minimum absolute atomic E-state index is 0.220. The van der Waals surface area contributed by atoms with Crippen LogP contribution in [-0.2, 0) is 9.59 Å². The Bertz CT molecular complexity index is 757. The van der Waals surface area contributed by atoms with Gasteiger partial charge in [-0.15, -0.1) is 0 Å². The van der Waals surface area contributed by atoms with Gasteiger partial charge in [0.2, 0.25) is 11.8 Å². The molecule has 0 atom stereocenters. The molecular weight excluding hydrogens is 368 g/mol. The Kier molecular flexibility index (Phi) is 6.15. The first-order valence-corrected chi connectivity index (χ1v) is 8.61. The summed E-state index contributed by atoms with van der Waals surface area (Å²) in [6.07, 6.45) is -0.220. The molecule has 0 aliphatic heterocycles. The highest BCUT2D eigenvalue weighted by Gasteiger charge is 2.13. The van der Waals surface area contributed by atoms with Crippen LogP contribution in [0, 0.1) is 6.92 Å². The van der Waals surface area contributed by atoms with E-state index in [1.54, 1.807) is 0 Å². The van der Waals surface area contributed by atoms with Gasteiger partial charge >= 0.3 is 0 Å². The quantitative estimate of drug-likeness (QED) is 0.719. The molecule has 0 radical (unpaired) electrons. The lowest BCUT2D eigenvalue weighted by atomic mass is 10.0. The molecule has 2 rings (SSSR count). The van der Waals surface area contributed by atoms with Gasteiger partial charge < -0.3 is 10.6 Å². The number of carbonyl (C=O) groups is 2. The van der Waals surface area contributed by atoms with Gasteiger partial charge in [0.05, 0.1) is 0 Å². The van der Waals surface area contributed by atoms with Gasteiger partial charge in [-0.1, -0.05) is 48.0 Å². The van der Waals surface area contributed by atoms with Crippen LogP contribution in [0.2, 0.25) is 0 Å². The number of rotatable bonds is 5. The summed E-state index contributed by atoms with van der Waals surface area (Å²) < 4.78 is 0.945. The van der Waals surface area contributed by atoms with Crippen LogP contribution in [0.3, 0.4) is 0 Å². The summed E-state index contributed by atoms with van der Waals surface area (Å²) in [5, 5.41) is 5.60. The third kappa shape index (κ3) is 4.93. The van der Waals surface area contributed by atoms with E-state index in [4.69, 9.17) is 0 Å². The SMILES string of the molecule is Cc1cc(Br)ccc1NC(=O)CC(=O)Nc1ccccc1C(C)C. The standard InChI is InChI=1S/C19H21BrN2O2/c1-12(2)15-6-4-5-7-17(15)22-19(24)11-18(23)21-16-9-8-14(20)10-13(16)3/h4-10,12H,11H2,1-3H3,(H,21,23)(H,22,24). The summed E-state index contributed by atoms with van der Waals surface area (Å²) in [6, 6.07) is 13.2. The second-order valence-electron chi connectivity index (χ2n) is 5.97. The van der Waals surface area contributed by atoms with E-state index in [1.165, 1.54) is 0 Å². The van der Waals surface area contributed by atoms with Crippen molar-refractivity contribution in [2.24, 2.45) is 0 Å². The topological polar surface area (TPSA) is 58.2 Å². The number of benzene rings is 2. The molecule has 0 aliphatic rings. The van der Waals surface area contributed by atoms with E-state index in [2.05, 4.69) is 40.4 Å². The molecule has 5 heteroatoms. The lowest BCUT2D eigenvalue weighted by Crippen LogP contribution is -2.22. The number of halogens is 1. The third-order valence-electron chi connectivity index (χ3n) is 3.64. The van der Waals surface area contributed by atoms with Gasteiger partial charge in [-0.25, -0.2) is 0 Å². The van der Waals surface area contributed by atoms with Crippen LogP contribution in [0.25, 0.3) is 0 Å². The predicted molar refractivity (Wildman–Crippen MR) is 101 cm³/mol. The zero-order valence-electron chi connectivity index (χ0n) is 14.0. The Labute approximate surface area is 150 Å². The van der Waals surface area contributed by atoms with Crippen molar-refractivity contribution in [2.45, 2.75) is 33.1 Å². The fourth-order valence-electron chi connectivity index (χ4n) is 2.42. The number of para-hydroxylation sites is 1. The van der Waals surface area contributed by atoms with Gasteiger partial charge in [-0.2, -0.15) is 0 Å². The van der Waals surface area contributed by atoms with E-state index in [1.807, 2.05) is 49.4 Å². The average molecular weight is 389 g/mol. The monoisotopic (exact) mass is 388 g/mol. The van der Waals surface area contributed by atoms with E-state index in [0.717, 1.165) is 21.3 Å². The highest BCUT2D eigenvalue weighted by Crippen LogP contribution is 2.24. The number of anilines is 2. The lowest BCUT2D eigenvalue weighted by Gasteiger charge is -2.14. The van der Waals surface area contributed by atoms with Crippen molar-refractivity contribution in [1.82, 2.24) is 0 Å². The minimum atomic E-state index is -0.333. The van der Waals surface area contributed by atoms with Crippen molar-refractivity contribution in [3.8, 4) is 0 Å². The molecule has 0 spiro atoms. The smallest absolute Gasteiger partial charge is 0.233 e. The molecule has 0 saturated carbocycles. The molecule has 0 aliphatic carbocycles. The zero-order valence-corrected chi connectivity index (χ0v) is 15.6. The maximum atomic E-state index is 12.1. The summed E-state index contributed by atoms with van der Waals surface area (Å²) in [6.45, 7) is 6.03. The predicted octanol–water partition coefficient (Wildman–Crippen LogP) is 4.85. The van der Waals surface area contributed by atoms with Crippen molar-refractivity contribution < 1.29 is 9.59 Å².